The van der Waals surface area contributed by atoms with Crippen molar-refractivity contribution in [3.63, 3.8) is 0 Å². The molecule has 21 heavy (non-hydrogen) atoms. The van der Waals surface area contributed by atoms with Crippen LogP contribution >= 0.6 is 0 Å². The van der Waals surface area contributed by atoms with E-state index in [9.17, 15) is 9.59 Å². The Morgan fingerprint density at radius 2 is 1.67 bits per heavy atom. The van der Waals surface area contributed by atoms with E-state index in [-0.39, 0.29) is 11.9 Å². The van der Waals surface area contributed by atoms with Gasteiger partial charge in [0, 0.05) is 39.1 Å². The van der Waals surface area contributed by atoms with E-state index in [2.05, 4.69) is 5.32 Å². The highest BCUT2D eigenvalue weighted by Crippen LogP contribution is 2.06. The first-order valence-corrected chi connectivity index (χ1v) is 7.55. The van der Waals surface area contributed by atoms with Crippen LogP contribution in [-0.2, 0) is 11.3 Å². The lowest BCUT2D eigenvalue weighted by Gasteiger charge is -2.34. The molecule has 5 heteroatoms. The van der Waals surface area contributed by atoms with Gasteiger partial charge in [-0.3, -0.25) is 4.79 Å². The van der Waals surface area contributed by atoms with Gasteiger partial charge >= 0.3 is 6.03 Å². The van der Waals surface area contributed by atoms with Crippen LogP contribution in [0.15, 0.2) is 30.3 Å². The van der Waals surface area contributed by atoms with Gasteiger partial charge in [-0.2, -0.15) is 0 Å². The maximum Gasteiger partial charge on any atom is 0.317 e. The predicted molar refractivity (Wildman–Crippen MR) is 81.7 cm³/mol. The van der Waals surface area contributed by atoms with Crippen molar-refractivity contribution >= 4 is 11.9 Å². The molecule has 2 rings (SSSR count). The lowest BCUT2D eigenvalue weighted by Crippen LogP contribution is -2.53. The van der Waals surface area contributed by atoms with E-state index in [1.807, 2.05) is 42.2 Å². The number of carbonyl (C=O) groups is 2. The van der Waals surface area contributed by atoms with Crippen LogP contribution < -0.4 is 5.32 Å². The first-order chi connectivity index (χ1) is 10.2. The fraction of sp³-hybridized carbons (Fsp3) is 0.500. The predicted octanol–water partition coefficient (Wildman–Crippen LogP) is 1.84. The number of rotatable bonds is 4. The number of piperazine rings is 1. The van der Waals surface area contributed by atoms with Crippen molar-refractivity contribution in [2.45, 2.75) is 26.3 Å². The van der Waals surface area contributed by atoms with E-state index in [1.165, 1.54) is 0 Å². The van der Waals surface area contributed by atoms with Crippen molar-refractivity contribution in [1.82, 2.24) is 15.1 Å². The molecule has 1 saturated heterocycles. The molecule has 5 nitrogen and oxygen atoms in total. The minimum atomic E-state index is -0.0542. The van der Waals surface area contributed by atoms with Gasteiger partial charge in [0.2, 0.25) is 5.91 Å². The van der Waals surface area contributed by atoms with Crippen LogP contribution in [0.2, 0.25) is 0 Å². The number of urea groups is 1. The highest BCUT2D eigenvalue weighted by Gasteiger charge is 2.23. The Morgan fingerprint density at radius 3 is 2.29 bits per heavy atom. The van der Waals surface area contributed by atoms with Crippen LogP contribution in [-0.4, -0.2) is 47.9 Å². The van der Waals surface area contributed by atoms with E-state index in [1.54, 1.807) is 4.90 Å². The second-order valence-corrected chi connectivity index (χ2v) is 5.26. The van der Waals surface area contributed by atoms with Gasteiger partial charge in [0.05, 0.1) is 0 Å². The van der Waals surface area contributed by atoms with Crippen molar-refractivity contribution in [1.29, 1.82) is 0 Å². The van der Waals surface area contributed by atoms with Crippen molar-refractivity contribution < 1.29 is 9.59 Å². The molecule has 0 atom stereocenters. The quantitative estimate of drug-likeness (QED) is 0.919. The summed E-state index contributed by atoms with van der Waals surface area (Å²) in [5, 5.41) is 2.92. The molecule has 1 aromatic rings. The highest BCUT2D eigenvalue weighted by molar-refractivity contribution is 5.77. The Morgan fingerprint density at radius 1 is 1.05 bits per heavy atom. The average Bonchev–Trinajstić information content (AvgIpc) is 2.54. The fourth-order valence-electron chi connectivity index (χ4n) is 2.42. The molecule has 1 heterocycles. The molecular formula is C16H23N3O2. The van der Waals surface area contributed by atoms with Crippen LogP contribution in [0.4, 0.5) is 4.79 Å². The largest absolute Gasteiger partial charge is 0.339 e. The SMILES string of the molecule is CCCC(=O)N1CCN(C(=O)NCc2ccccc2)CC1. The van der Waals surface area contributed by atoms with E-state index >= 15 is 0 Å². The molecule has 1 aliphatic rings. The van der Waals surface area contributed by atoms with Crippen molar-refractivity contribution in [2.75, 3.05) is 26.2 Å². The number of hydrogen-bond acceptors (Lipinski definition) is 2. The Hall–Kier alpha value is -2.04. The normalized spacial score (nSPS) is 14.9. The number of benzene rings is 1. The lowest BCUT2D eigenvalue weighted by molar-refractivity contribution is -0.132. The topological polar surface area (TPSA) is 52.7 Å². The maximum absolute atomic E-state index is 12.1. The summed E-state index contributed by atoms with van der Waals surface area (Å²) in [6.45, 7) is 5.03. The second-order valence-electron chi connectivity index (χ2n) is 5.26. The Labute approximate surface area is 125 Å². The van der Waals surface area contributed by atoms with Gasteiger partial charge in [0.25, 0.3) is 0 Å². The number of nitrogens with one attached hydrogen (secondary N) is 1. The number of hydrogen-bond donors (Lipinski definition) is 1. The number of carbonyl (C=O) groups excluding carboxylic acids is 2. The zero-order valence-electron chi connectivity index (χ0n) is 12.5. The van der Waals surface area contributed by atoms with Crippen LogP contribution in [0.25, 0.3) is 0 Å². The molecule has 1 aromatic carbocycles. The van der Waals surface area contributed by atoms with Crippen LogP contribution in [0, 0.1) is 0 Å². The van der Waals surface area contributed by atoms with Gasteiger partial charge in [-0.15, -0.1) is 0 Å². The summed E-state index contributed by atoms with van der Waals surface area (Å²) in [6.07, 6.45) is 1.47. The van der Waals surface area contributed by atoms with Gasteiger partial charge < -0.3 is 15.1 Å². The summed E-state index contributed by atoms with van der Waals surface area (Å²) in [5.41, 5.74) is 1.09. The third-order valence-corrected chi connectivity index (χ3v) is 3.67. The molecule has 0 saturated carbocycles. The molecule has 0 spiro atoms. The second kappa shape index (κ2) is 7.67. The Kier molecular flexibility index (Phi) is 5.60. The van der Waals surface area contributed by atoms with Crippen LogP contribution in [0.5, 0.6) is 0 Å². The standard InChI is InChI=1S/C16H23N3O2/c1-2-6-15(20)18-9-11-19(12-10-18)16(21)17-13-14-7-4-3-5-8-14/h3-5,7-8H,2,6,9-13H2,1H3,(H,17,21). The Balaban J connectivity index is 1.74. The van der Waals surface area contributed by atoms with E-state index in [4.69, 9.17) is 0 Å². The summed E-state index contributed by atoms with van der Waals surface area (Å²) < 4.78 is 0. The van der Waals surface area contributed by atoms with Crippen molar-refractivity contribution in [3.05, 3.63) is 35.9 Å². The van der Waals surface area contributed by atoms with Crippen molar-refractivity contribution in [2.24, 2.45) is 0 Å². The first-order valence-electron chi connectivity index (χ1n) is 7.55. The molecular weight excluding hydrogens is 266 g/mol. The number of amides is 3. The van der Waals surface area contributed by atoms with Gasteiger partial charge in [-0.1, -0.05) is 37.3 Å². The summed E-state index contributed by atoms with van der Waals surface area (Å²) >= 11 is 0. The van der Waals surface area contributed by atoms with Gasteiger partial charge in [0.1, 0.15) is 0 Å². The molecule has 1 fully saturated rings. The minimum absolute atomic E-state index is 0.0542. The van der Waals surface area contributed by atoms with E-state index in [0.717, 1.165) is 12.0 Å². The molecule has 1 aliphatic heterocycles. The summed E-state index contributed by atoms with van der Waals surface area (Å²) in [6, 6.07) is 9.79. The smallest absolute Gasteiger partial charge is 0.317 e. The molecule has 0 bridgehead atoms. The molecule has 3 amide bonds. The van der Waals surface area contributed by atoms with Crippen LogP contribution in [0.3, 0.4) is 0 Å². The summed E-state index contributed by atoms with van der Waals surface area (Å²) in [7, 11) is 0. The molecule has 0 aliphatic carbocycles. The summed E-state index contributed by atoms with van der Waals surface area (Å²) in [4.78, 5) is 27.5. The average molecular weight is 289 g/mol. The zero-order chi connectivity index (χ0) is 15.1. The summed E-state index contributed by atoms with van der Waals surface area (Å²) in [5.74, 6) is 0.196. The van der Waals surface area contributed by atoms with Crippen molar-refractivity contribution in [3.8, 4) is 0 Å². The fourth-order valence-corrected chi connectivity index (χ4v) is 2.42. The van der Waals surface area contributed by atoms with Gasteiger partial charge in [-0.05, 0) is 12.0 Å². The first kappa shape index (κ1) is 15.4. The number of nitrogens with zero attached hydrogens (tertiary/aromatic N) is 2. The van der Waals surface area contributed by atoms with E-state index < -0.39 is 0 Å². The maximum atomic E-state index is 12.1. The highest BCUT2D eigenvalue weighted by atomic mass is 16.2. The molecule has 114 valence electrons. The van der Waals surface area contributed by atoms with Crippen LogP contribution in [0.1, 0.15) is 25.3 Å². The molecule has 0 radical (unpaired) electrons. The third kappa shape index (κ3) is 4.48. The zero-order valence-corrected chi connectivity index (χ0v) is 12.5. The lowest BCUT2D eigenvalue weighted by atomic mass is 10.2. The molecule has 0 unspecified atom stereocenters. The molecule has 0 aromatic heterocycles. The minimum Gasteiger partial charge on any atom is -0.339 e. The molecule has 1 N–H and O–H groups in total. The van der Waals surface area contributed by atoms with Gasteiger partial charge in [-0.25, -0.2) is 4.79 Å². The monoisotopic (exact) mass is 289 g/mol. The van der Waals surface area contributed by atoms with E-state index in [0.29, 0.717) is 39.1 Å². The Bertz CT molecular complexity index is 468. The van der Waals surface area contributed by atoms with Gasteiger partial charge in [0.15, 0.2) is 0 Å². The third-order valence-electron chi connectivity index (χ3n) is 3.67.